The molecule has 16 heavy (non-hydrogen) atoms. The van der Waals surface area contributed by atoms with Gasteiger partial charge in [0.25, 0.3) is 0 Å². The van der Waals surface area contributed by atoms with Crippen molar-refractivity contribution in [2.75, 3.05) is 0 Å². The fourth-order valence-electron chi connectivity index (χ4n) is 1.62. The second-order valence-corrected chi connectivity index (χ2v) is 5.33. The first-order valence-corrected chi connectivity index (χ1v) is 6.50. The van der Waals surface area contributed by atoms with E-state index in [1.165, 1.54) is 9.75 Å². The van der Waals surface area contributed by atoms with E-state index in [-0.39, 0.29) is 6.04 Å². The fraction of sp³-hybridized carbons (Fsp3) is 0.231. The molecule has 1 heterocycles. The number of thiophene rings is 1. The average molecular weight is 252 g/mol. The number of nitrogens with two attached hydrogens (primary N) is 1. The van der Waals surface area contributed by atoms with Crippen LogP contribution in [0.15, 0.2) is 36.4 Å². The quantitative estimate of drug-likeness (QED) is 0.876. The Bertz CT molecular complexity index is 478. The van der Waals surface area contributed by atoms with Gasteiger partial charge in [-0.15, -0.1) is 11.3 Å². The second kappa shape index (κ2) is 5.00. The molecule has 0 saturated carbocycles. The Hall–Kier alpha value is -0.830. The van der Waals surface area contributed by atoms with Crippen LogP contribution in [0.4, 0.5) is 0 Å². The van der Waals surface area contributed by atoms with Gasteiger partial charge in [0.15, 0.2) is 0 Å². The van der Waals surface area contributed by atoms with Crippen LogP contribution in [0.3, 0.4) is 0 Å². The van der Waals surface area contributed by atoms with E-state index in [4.69, 9.17) is 17.3 Å². The largest absolute Gasteiger partial charge is 0.320 e. The first-order chi connectivity index (χ1) is 7.70. The highest BCUT2D eigenvalue weighted by molar-refractivity contribution is 7.12. The van der Waals surface area contributed by atoms with Gasteiger partial charge in [-0.2, -0.15) is 0 Å². The molecule has 0 aliphatic heterocycles. The van der Waals surface area contributed by atoms with Crippen LogP contribution >= 0.6 is 22.9 Å². The molecule has 1 atom stereocenters. The minimum absolute atomic E-state index is 0.0657. The maximum Gasteiger partial charge on any atom is 0.0646 e. The van der Waals surface area contributed by atoms with Crippen LogP contribution in [0.1, 0.15) is 28.3 Å². The van der Waals surface area contributed by atoms with Crippen LogP contribution in [0, 0.1) is 0 Å². The topological polar surface area (TPSA) is 26.0 Å². The van der Waals surface area contributed by atoms with E-state index < -0.39 is 0 Å². The van der Waals surface area contributed by atoms with Gasteiger partial charge in [0.1, 0.15) is 0 Å². The average Bonchev–Trinajstić information content (AvgIpc) is 2.76. The monoisotopic (exact) mass is 251 g/mol. The molecule has 1 unspecified atom stereocenters. The maximum atomic E-state index is 6.20. The zero-order chi connectivity index (χ0) is 11.5. The Morgan fingerprint density at radius 1 is 1.31 bits per heavy atom. The lowest BCUT2D eigenvalue weighted by molar-refractivity contribution is 0.894. The zero-order valence-electron chi connectivity index (χ0n) is 9.11. The van der Waals surface area contributed by atoms with Crippen molar-refractivity contribution in [3.8, 4) is 0 Å². The molecule has 0 bridgehead atoms. The lowest BCUT2D eigenvalue weighted by Gasteiger charge is -2.10. The Balaban J connectivity index is 2.27. The Kier molecular flexibility index (Phi) is 3.64. The third-order valence-electron chi connectivity index (χ3n) is 2.55. The fourth-order valence-corrected chi connectivity index (χ4v) is 2.80. The molecular weight excluding hydrogens is 238 g/mol. The van der Waals surface area contributed by atoms with Gasteiger partial charge in [0.05, 0.1) is 6.04 Å². The summed E-state index contributed by atoms with van der Waals surface area (Å²) in [7, 11) is 0. The van der Waals surface area contributed by atoms with E-state index in [1.807, 2.05) is 24.3 Å². The number of hydrogen-bond donors (Lipinski definition) is 1. The molecule has 1 aromatic carbocycles. The lowest BCUT2D eigenvalue weighted by Crippen LogP contribution is -2.09. The summed E-state index contributed by atoms with van der Waals surface area (Å²) in [6, 6.07) is 11.9. The standard InChI is InChI=1S/C13H14ClNS/c1-2-11-6-7-12(16-11)13(15)9-4-3-5-10(14)8-9/h3-8,13H,2,15H2,1H3. The zero-order valence-corrected chi connectivity index (χ0v) is 10.7. The summed E-state index contributed by atoms with van der Waals surface area (Å²) in [5, 5.41) is 0.736. The van der Waals surface area contributed by atoms with Gasteiger partial charge in [0, 0.05) is 14.8 Å². The van der Waals surface area contributed by atoms with Crippen molar-refractivity contribution in [3.05, 3.63) is 56.7 Å². The molecule has 0 saturated heterocycles. The van der Waals surface area contributed by atoms with Crippen LogP contribution in [0.2, 0.25) is 5.02 Å². The van der Waals surface area contributed by atoms with Crippen molar-refractivity contribution in [1.29, 1.82) is 0 Å². The first-order valence-electron chi connectivity index (χ1n) is 5.30. The van der Waals surface area contributed by atoms with Crippen LogP contribution in [0.25, 0.3) is 0 Å². The molecule has 0 spiro atoms. The minimum Gasteiger partial charge on any atom is -0.320 e. The van der Waals surface area contributed by atoms with Crippen LogP contribution in [-0.4, -0.2) is 0 Å². The molecule has 0 fully saturated rings. The molecule has 0 aliphatic carbocycles. The smallest absolute Gasteiger partial charge is 0.0646 e. The van der Waals surface area contributed by atoms with Gasteiger partial charge in [-0.1, -0.05) is 30.7 Å². The third-order valence-corrected chi connectivity index (χ3v) is 4.09. The second-order valence-electron chi connectivity index (χ2n) is 3.69. The minimum atomic E-state index is -0.0657. The van der Waals surface area contributed by atoms with E-state index in [0.29, 0.717) is 0 Å². The summed E-state index contributed by atoms with van der Waals surface area (Å²) in [5.41, 5.74) is 7.27. The Morgan fingerprint density at radius 2 is 2.12 bits per heavy atom. The first kappa shape index (κ1) is 11.6. The van der Waals surface area contributed by atoms with Crippen molar-refractivity contribution in [3.63, 3.8) is 0 Å². The summed E-state index contributed by atoms with van der Waals surface area (Å²) >= 11 is 7.73. The molecule has 84 valence electrons. The van der Waals surface area contributed by atoms with Crippen LogP contribution in [-0.2, 0) is 6.42 Å². The van der Waals surface area contributed by atoms with E-state index in [1.54, 1.807) is 11.3 Å². The summed E-state index contributed by atoms with van der Waals surface area (Å²) in [6.07, 6.45) is 1.06. The van der Waals surface area contributed by atoms with Gasteiger partial charge < -0.3 is 5.73 Å². The van der Waals surface area contributed by atoms with Crippen molar-refractivity contribution in [1.82, 2.24) is 0 Å². The van der Waals surface area contributed by atoms with Crippen LogP contribution < -0.4 is 5.73 Å². The molecule has 0 amide bonds. The van der Waals surface area contributed by atoms with Crippen LogP contribution in [0.5, 0.6) is 0 Å². The molecule has 2 rings (SSSR count). The highest BCUT2D eigenvalue weighted by Gasteiger charge is 2.11. The lowest BCUT2D eigenvalue weighted by atomic mass is 10.1. The normalized spacial score (nSPS) is 12.7. The number of aryl methyl sites for hydroxylation is 1. The Morgan fingerprint density at radius 3 is 2.75 bits per heavy atom. The molecule has 1 nitrogen and oxygen atoms in total. The van der Waals surface area contributed by atoms with Crippen molar-refractivity contribution < 1.29 is 0 Å². The summed E-state index contributed by atoms with van der Waals surface area (Å²) in [4.78, 5) is 2.56. The molecular formula is C13H14ClNS. The van der Waals surface area contributed by atoms with E-state index >= 15 is 0 Å². The Labute approximate surface area is 105 Å². The molecule has 0 radical (unpaired) electrons. The van der Waals surface area contributed by atoms with E-state index in [9.17, 15) is 0 Å². The summed E-state index contributed by atoms with van der Waals surface area (Å²) in [6.45, 7) is 2.15. The molecule has 0 aliphatic rings. The highest BCUT2D eigenvalue weighted by atomic mass is 35.5. The predicted molar refractivity (Wildman–Crippen MR) is 71.2 cm³/mol. The SMILES string of the molecule is CCc1ccc(C(N)c2cccc(Cl)c2)s1. The van der Waals surface area contributed by atoms with Crippen molar-refractivity contribution in [2.24, 2.45) is 5.73 Å². The van der Waals surface area contributed by atoms with Gasteiger partial charge in [-0.05, 0) is 36.2 Å². The van der Waals surface area contributed by atoms with Crippen molar-refractivity contribution in [2.45, 2.75) is 19.4 Å². The number of benzene rings is 1. The summed E-state index contributed by atoms with van der Waals surface area (Å²) < 4.78 is 0. The van der Waals surface area contributed by atoms with Gasteiger partial charge >= 0.3 is 0 Å². The third kappa shape index (κ3) is 2.46. The van der Waals surface area contributed by atoms with E-state index in [2.05, 4.69) is 19.1 Å². The number of rotatable bonds is 3. The maximum absolute atomic E-state index is 6.20. The van der Waals surface area contributed by atoms with Gasteiger partial charge in [0.2, 0.25) is 0 Å². The number of halogens is 1. The highest BCUT2D eigenvalue weighted by Crippen LogP contribution is 2.28. The van der Waals surface area contributed by atoms with E-state index in [0.717, 1.165) is 17.0 Å². The molecule has 2 aromatic rings. The van der Waals surface area contributed by atoms with Gasteiger partial charge in [-0.25, -0.2) is 0 Å². The summed E-state index contributed by atoms with van der Waals surface area (Å²) in [5.74, 6) is 0. The van der Waals surface area contributed by atoms with Crippen molar-refractivity contribution >= 4 is 22.9 Å². The van der Waals surface area contributed by atoms with Gasteiger partial charge in [-0.3, -0.25) is 0 Å². The predicted octanol–water partition coefficient (Wildman–Crippen LogP) is 4.01. The molecule has 2 N–H and O–H groups in total. The molecule has 3 heteroatoms. The molecule has 1 aromatic heterocycles. The number of hydrogen-bond acceptors (Lipinski definition) is 2.